The molecule has 0 aromatic carbocycles. The third kappa shape index (κ3) is 3.58. The highest BCUT2D eigenvalue weighted by molar-refractivity contribution is 5.67. The van der Waals surface area contributed by atoms with Gasteiger partial charge in [-0.1, -0.05) is 24.3 Å². The third-order valence-electron chi connectivity index (χ3n) is 7.44. The van der Waals surface area contributed by atoms with Crippen LogP contribution in [0.1, 0.15) is 45.4 Å². The van der Waals surface area contributed by atoms with E-state index in [2.05, 4.69) is 29.2 Å². The van der Waals surface area contributed by atoms with Gasteiger partial charge in [0.05, 0.1) is 6.61 Å². The molecule has 0 N–H and O–H groups in total. The molecule has 2 aliphatic heterocycles. The number of likely N-dealkylation sites (tertiary alicyclic amines) is 2. The molecule has 3 fully saturated rings. The average Bonchev–Trinajstić information content (AvgIpc) is 3.03. The lowest BCUT2D eigenvalue weighted by Gasteiger charge is -2.45. The topological polar surface area (TPSA) is 32.8 Å². The smallest absolute Gasteiger partial charge is 0.409 e. The Kier molecular flexibility index (Phi) is 5.40. The van der Waals surface area contributed by atoms with Crippen LogP contribution in [0.4, 0.5) is 4.79 Å². The second kappa shape index (κ2) is 7.75. The average molecular weight is 359 g/mol. The number of hydrogen-bond acceptors (Lipinski definition) is 3. The second-order valence-electron chi connectivity index (χ2n) is 8.79. The van der Waals surface area contributed by atoms with Crippen LogP contribution in [0.5, 0.6) is 0 Å². The fourth-order valence-corrected chi connectivity index (χ4v) is 5.85. The van der Waals surface area contributed by atoms with Crippen molar-refractivity contribution in [2.24, 2.45) is 23.2 Å². The fraction of sp³-hybridized carbons (Fsp3) is 0.773. The lowest BCUT2D eigenvalue weighted by molar-refractivity contribution is 0.0550. The van der Waals surface area contributed by atoms with E-state index in [0.717, 1.165) is 43.7 Å². The zero-order chi connectivity index (χ0) is 18.0. The van der Waals surface area contributed by atoms with E-state index in [9.17, 15) is 4.79 Å². The molecule has 2 unspecified atom stereocenters. The summed E-state index contributed by atoms with van der Waals surface area (Å²) < 4.78 is 5.13. The molecule has 0 aromatic heterocycles. The van der Waals surface area contributed by atoms with Gasteiger partial charge in [0.1, 0.15) is 0 Å². The molecule has 0 aromatic rings. The van der Waals surface area contributed by atoms with Gasteiger partial charge in [0.25, 0.3) is 0 Å². The highest BCUT2D eigenvalue weighted by Crippen LogP contribution is 2.55. The monoisotopic (exact) mass is 358 g/mol. The largest absolute Gasteiger partial charge is 0.450 e. The van der Waals surface area contributed by atoms with Crippen LogP contribution >= 0.6 is 0 Å². The van der Waals surface area contributed by atoms with Crippen molar-refractivity contribution >= 4 is 6.09 Å². The highest BCUT2D eigenvalue weighted by atomic mass is 16.6. The number of hydrogen-bond donors (Lipinski definition) is 0. The maximum absolute atomic E-state index is 11.8. The van der Waals surface area contributed by atoms with Crippen LogP contribution in [0.15, 0.2) is 24.3 Å². The molecule has 144 valence electrons. The van der Waals surface area contributed by atoms with Crippen LogP contribution in [0.25, 0.3) is 0 Å². The molecule has 4 aliphatic rings. The van der Waals surface area contributed by atoms with Gasteiger partial charge >= 0.3 is 6.09 Å². The Bertz CT molecular complexity index is 554. The number of carbonyl (C=O) groups excluding carboxylic acids is 1. The Labute approximate surface area is 158 Å². The van der Waals surface area contributed by atoms with Crippen LogP contribution in [0.3, 0.4) is 0 Å². The SMILES string of the molecule is CCOC(=O)N1CCC(CN2CCC3(CCC4C=CC=CC43)CC2)CC1. The minimum Gasteiger partial charge on any atom is -0.450 e. The summed E-state index contributed by atoms with van der Waals surface area (Å²) in [6.45, 7) is 7.82. The first-order valence-electron chi connectivity index (χ1n) is 10.7. The first-order valence-corrected chi connectivity index (χ1v) is 10.7. The van der Waals surface area contributed by atoms with Crippen molar-refractivity contribution in [1.29, 1.82) is 0 Å². The van der Waals surface area contributed by atoms with E-state index in [0.29, 0.717) is 12.0 Å². The maximum atomic E-state index is 11.8. The Balaban J connectivity index is 1.23. The molecule has 1 amide bonds. The number of rotatable bonds is 3. The van der Waals surface area contributed by atoms with Crippen molar-refractivity contribution < 1.29 is 9.53 Å². The van der Waals surface area contributed by atoms with Crippen molar-refractivity contribution in [2.45, 2.75) is 45.4 Å². The summed E-state index contributed by atoms with van der Waals surface area (Å²) in [6, 6.07) is 0. The number of allylic oxidation sites excluding steroid dienone is 4. The molecule has 1 spiro atoms. The molecule has 4 nitrogen and oxygen atoms in total. The molecule has 4 heteroatoms. The van der Waals surface area contributed by atoms with E-state index in [4.69, 9.17) is 4.74 Å². The van der Waals surface area contributed by atoms with Crippen molar-refractivity contribution in [3.63, 3.8) is 0 Å². The molecule has 2 saturated heterocycles. The first-order chi connectivity index (χ1) is 12.7. The van der Waals surface area contributed by atoms with E-state index >= 15 is 0 Å². The Morgan fingerprint density at radius 2 is 1.77 bits per heavy atom. The van der Waals surface area contributed by atoms with Gasteiger partial charge in [0.2, 0.25) is 0 Å². The molecule has 2 atom stereocenters. The summed E-state index contributed by atoms with van der Waals surface area (Å²) in [7, 11) is 0. The summed E-state index contributed by atoms with van der Waals surface area (Å²) in [5.74, 6) is 2.34. The maximum Gasteiger partial charge on any atom is 0.409 e. The van der Waals surface area contributed by atoms with E-state index in [-0.39, 0.29) is 6.09 Å². The number of ether oxygens (including phenoxy) is 1. The molecule has 2 heterocycles. The van der Waals surface area contributed by atoms with Crippen LogP contribution in [-0.4, -0.2) is 55.2 Å². The molecular weight excluding hydrogens is 324 g/mol. The molecule has 2 aliphatic carbocycles. The van der Waals surface area contributed by atoms with Gasteiger partial charge in [0, 0.05) is 19.6 Å². The molecule has 1 saturated carbocycles. The van der Waals surface area contributed by atoms with Crippen molar-refractivity contribution in [1.82, 2.24) is 9.80 Å². The second-order valence-corrected chi connectivity index (χ2v) is 8.79. The summed E-state index contributed by atoms with van der Waals surface area (Å²) in [5.41, 5.74) is 0.579. The summed E-state index contributed by atoms with van der Waals surface area (Å²) in [6.07, 6.45) is 17.1. The van der Waals surface area contributed by atoms with Crippen LogP contribution in [0, 0.1) is 23.2 Å². The van der Waals surface area contributed by atoms with E-state index in [1.54, 1.807) is 0 Å². The van der Waals surface area contributed by atoms with Crippen molar-refractivity contribution in [2.75, 3.05) is 39.3 Å². The van der Waals surface area contributed by atoms with Gasteiger partial charge in [-0.2, -0.15) is 0 Å². The number of carbonyl (C=O) groups is 1. The minimum absolute atomic E-state index is 0.128. The van der Waals surface area contributed by atoms with E-state index in [1.165, 1.54) is 45.3 Å². The van der Waals surface area contributed by atoms with E-state index in [1.807, 2.05) is 11.8 Å². The third-order valence-corrected chi connectivity index (χ3v) is 7.44. The lowest BCUT2D eigenvalue weighted by Crippen LogP contribution is -2.46. The van der Waals surface area contributed by atoms with E-state index < -0.39 is 0 Å². The summed E-state index contributed by atoms with van der Waals surface area (Å²) >= 11 is 0. The number of piperidine rings is 2. The standard InChI is InChI=1S/C22H34N2O2/c1-2-26-21(25)24-13-8-18(9-14-24)17-23-15-11-22(12-16-23)10-7-19-5-3-4-6-20(19)22/h3-6,18-20H,2,7-17H2,1H3. The molecule has 0 radical (unpaired) electrons. The Morgan fingerprint density at radius 1 is 1.04 bits per heavy atom. The predicted molar refractivity (Wildman–Crippen MR) is 104 cm³/mol. The zero-order valence-corrected chi connectivity index (χ0v) is 16.2. The van der Waals surface area contributed by atoms with Gasteiger partial charge < -0.3 is 14.5 Å². The summed E-state index contributed by atoms with van der Waals surface area (Å²) in [4.78, 5) is 16.4. The van der Waals surface area contributed by atoms with Gasteiger partial charge in [-0.15, -0.1) is 0 Å². The zero-order valence-electron chi connectivity index (χ0n) is 16.2. The first kappa shape index (κ1) is 18.1. The molecule has 26 heavy (non-hydrogen) atoms. The van der Waals surface area contributed by atoms with Crippen LogP contribution < -0.4 is 0 Å². The quantitative estimate of drug-likeness (QED) is 0.762. The fourth-order valence-electron chi connectivity index (χ4n) is 5.85. The normalized spacial score (nSPS) is 31.3. The van der Waals surface area contributed by atoms with Gasteiger partial charge in [0.15, 0.2) is 0 Å². The van der Waals surface area contributed by atoms with Crippen molar-refractivity contribution in [3.05, 3.63) is 24.3 Å². The Morgan fingerprint density at radius 3 is 2.50 bits per heavy atom. The van der Waals surface area contributed by atoms with Crippen LogP contribution in [0.2, 0.25) is 0 Å². The Hall–Kier alpha value is -1.29. The molecule has 4 rings (SSSR count). The number of fused-ring (bicyclic) bond motifs is 2. The van der Waals surface area contributed by atoms with Crippen molar-refractivity contribution in [3.8, 4) is 0 Å². The van der Waals surface area contributed by atoms with Gasteiger partial charge in [-0.3, -0.25) is 0 Å². The number of amides is 1. The lowest BCUT2D eigenvalue weighted by atomic mass is 9.68. The number of nitrogens with zero attached hydrogens (tertiary/aromatic N) is 2. The van der Waals surface area contributed by atoms with Gasteiger partial charge in [-0.05, 0) is 81.7 Å². The molecule has 0 bridgehead atoms. The van der Waals surface area contributed by atoms with Gasteiger partial charge in [-0.25, -0.2) is 4.79 Å². The minimum atomic E-state index is -0.128. The highest BCUT2D eigenvalue weighted by Gasteiger charge is 2.47. The summed E-state index contributed by atoms with van der Waals surface area (Å²) in [5, 5.41) is 0. The molecular formula is C22H34N2O2. The predicted octanol–water partition coefficient (Wildman–Crippen LogP) is 4.09. The van der Waals surface area contributed by atoms with Crippen LogP contribution in [-0.2, 0) is 4.74 Å².